The van der Waals surface area contributed by atoms with E-state index in [1.165, 1.54) is 10.9 Å². The molecule has 1 aliphatic heterocycles. The highest BCUT2D eigenvalue weighted by Gasteiger charge is 2.12. The number of fused-ring (bicyclic) bond motifs is 2. The van der Waals surface area contributed by atoms with Gasteiger partial charge in [0.05, 0.1) is 12.1 Å². The second-order valence-electron chi connectivity index (χ2n) is 3.60. The van der Waals surface area contributed by atoms with Crippen molar-refractivity contribution in [2.24, 2.45) is 0 Å². The smallest absolute Gasteiger partial charge is 0.217 e. The Morgan fingerprint density at radius 1 is 1.21 bits per heavy atom. The van der Waals surface area contributed by atoms with Crippen molar-refractivity contribution < 1.29 is 4.74 Å². The molecule has 2 heterocycles. The van der Waals surface area contributed by atoms with Gasteiger partial charge in [-0.25, -0.2) is 4.98 Å². The Kier molecular flexibility index (Phi) is 1.66. The molecule has 14 heavy (non-hydrogen) atoms. The van der Waals surface area contributed by atoms with Crippen LogP contribution < -0.4 is 4.74 Å². The van der Waals surface area contributed by atoms with Crippen molar-refractivity contribution in [1.82, 2.24) is 4.98 Å². The summed E-state index contributed by atoms with van der Waals surface area (Å²) in [5.41, 5.74) is 2.27. The van der Waals surface area contributed by atoms with Crippen molar-refractivity contribution >= 4 is 10.9 Å². The second-order valence-corrected chi connectivity index (χ2v) is 3.60. The molecule has 2 aromatic rings. The van der Waals surface area contributed by atoms with Crippen LogP contribution in [0.4, 0.5) is 0 Å². The Hall–Kier alpha value is -1.57. The summed E-state index contributed by atoms with van der Waals surface area (Å²) in [5.74, 6) is 0.829. The topological polar surface area (TPSA) is 22.1 Å². The lowest BCUT2D eigenvalue weighted by molar-refractivity contribution is 0.277. The maximum absolute atomic E-state index is 5.52. The maximum Gasteiger partial charge on any atom is 0.217 e. The average molecular weight is 185 g/mol. The van der Waals surface area contributed by atoms with Gasteiger partial charge in [-0.1, -0.05) is 18.2 Å². The number of hydrogen-bond donors (Lipinski definition) is 0. The van der Waals surface area contributed by atoms with E-state index in [1.54, 1.807) is 0 Å². The van der Waals surface area contributed by atoms with Crippen LogP contribution in [0.25, 0.3) is 10.9 Å². The van der Waals surface area contributed by atoms with Gasteiger partial charge in [0.25, 0.3) is 0 Å². The second kappa shape index (κ2) is 2.98. The van der Waals surface area contributed by atoms with E-state index in [-0.39, 0.29) is 0 Å². The van der Waals surface area contributed by atoms with Crippen LogP contribution in [-0.4, -0.2) is 11.6 Å². The van der Waals surface area contributed by atoms with Crippen molar-refractivity contribution in [3.8, 4) is 5.88 Å². The van der Waals surface area contributed by atoms with Gasteiger partial charge in [-0.05, 0) is 25.0 Å². The van der Waals surface area contributed by atoms with Crippen molar-refractivity contribution in [1.29, 1.82) is 0 Å². The van der Waals surface area contributed by atoms with Crippen molar-refractivity contribution in [2.75, 3.05) is 6.61 Å². The third kappa shape index (κ3) is 1.15. The summed E-state index contributed by atoms with van der Waals surface area (Å²) in [5, 5.41) is 1.21. The van der Waals surface area contributed by atoms with Crippen LogP contribution in [-0.2, 0) is 6.42 Å². The van der Waals surface area contributed by atoms with Gasteiger partial charge < -0.3 is 4.74 Å². The Bertz CT molecular complexity index is 434. The summed E-state index contributed by atoms with van der Waals surface area (Å²) < 4.78 is 5.52. The van der Waals surface area contributed by atoms with Gasteiger partial charge in [0.1, 0.15) is 0 Å². The first-order chi connectivity index (χ1) is 6.93. The van der Waals surface area contributed by atoms with E-state index in [9.17, 15) is 0 Å². The highest BCUT2D eigenvalue weighted by atomic mass is 16.5. The first kappa shape index (κ1) is 7.80. The molecule has 0 amide bonds. The molecule has 1 aromatic heterocycles. The van der Waals surface area contributed by atoms with Gasteiger partial charge in [0.15, 0.2) is 0 Å². The van der Waals surface area contributed by atoms with Gasteiger partial charge in [0.2, 0.25) is 5.88 Å². The number of nitrogens with zero attached hydrogens (tertiary/aromatic N) is 1. The molecule has 70 valence electrons. The number of aromatic nitrogens is 1. The summed E-state index contributed by atoms with van der Waals surface area (Å²) >= 11 is 0. The van der Waals surface area contributed by atoms with Crippen molar-refractivity contribution in [3.05, 3.63) is 35.9 Å². The molecule has 0 N–H and O–H groups in total. The summed E-state index contributed by atoms with van der Waals surface area (Å²) in [6.45, 7) is 0.804. The van der Waals surface area contributed by atoms with E-state index in [2.05, 4.69) is 17.1 Å². The average Bonchev–Trinajstić information content (AvgIpc) is 2.26. The van der Waals surface area contributed by atoms with E-state index in [0.29, 0.717) is 0 Å². The number of aryl methyl sites for hydroxylation is 1. The molecule has 2 heteroatoms. The lowest BCUT2D eigenvalue weighted by Crippen LogP contribution is -2.09. The summed E-state index contributed by atoms with van der Waals surface area (Å²) in [6, 6.07) is 10.4. The fraction of sp³-hybridized carbons (Fsp3) is 0.250. The van der Waals surface area contributed by atoms with Crippen LogP contribution in [0.3, 0.4) is 0 Å². The molecule has 0 unspecified atom stereocenters. The molecule has 3 rings (SSSR count). The van der Waals surface area contributed by atoms with Gasteiger partial charge in [-0.3, -0.25) is 0 Å². The zero-order chi connectivity index (χ0) is 9.38. The molecule has 0 saturated heterocycles. The highest BCUT2D eigenvalue weighted by Crippen LogP contribution is 2.26. The monoisotopic (exact) mass is 185 g/mol. The number of para-hydroxylation sites is 1. The largest absolute Gasteiger partial charge is 0.477 e. The summed E-state index contributed by atoms with van der Waals surface area (Å²) in [7, 11) is 0. The SMILES string of the molecule is c1ccc2nc3c(cc2c1)CCCO3. The lowest BCUT2D eigenvalue weighted by atomic mass is 10.1. The lowest BCUT2D eigenvalue weighted by Gasteiger charge is -2.16. The molecule has 0 atom stereocenters. The first-order valence-electron chi connectivity index (χ1n) is 4.95. The van der Waals surface area contributed by atoms with Crippen molar-refractivity contribution in [3.63, 3.8) is 0 Å². The molecule has 0 aliphatic carbocycles. The molecule has 1 aliphatic rings. The zero-order valence-corrected chi connectivity index (χ0v) is 7.86. The molecule has 1 aromatic carbocycles. The summed E-state index contributed by atoms with van der Waals surface area (Å²) in [4.78, 5) is 4.49. The third-order valence-corrected chi connectivity index (χ3v) is 2.59. The first-order valence-corrected chi connectivity index (χ1v) is 4.95. The van der Waals surface area contributed by atoms with E-state index >= 15 is 0 Å². The predicted molar refractivity (Wildman–Crippen MR) is 55.6 cm³/mol. The highest BCUT2D eigenvalue weighted by molar-refractivity contribution is 5.80. The van der Waals surface area contributed by atoms with Crippen LogP contribution in [0.15, 0.2) is 30.3 Å². The normalized spacial score (nSPS) is 14.9. The quantitative estimate of drug-likeness (QED) is 0.629. The molecular formula is C12H11NO. The van der Waals surface area contributed by atoms with Crippen LogP contribution >= 0.6 is 0 Å². The maximum atomic E-state index is 5.52. The molecule has 0 spiro atoms. The fourth-order valence-electron chi connectivity index (χ4n) is 1.88. The van der Waals surface area contributed by atoms with Gasteiger partial charge in [-0.15, -0.1) is 0 Å². The molecular weight excluding hydrogens is 174 g/mol. The van der Waals surface area contributed by atoms with Crippen LogP contribution in [0.5, 0.6) is 5.88 Å². The van der Waals surface area contributed by atoms with E-state index < -0.39 is 0 Å². The Balaban J connectivity index is 2.27. The zero-order valence-electron chi connectivity index (χ0n) is 7.86. The Morgan fingerprint density at radius 3 is 3.14 bits per heavy atom. The molecule has 0 saturated carbocycles. The predicted octanol–water partition coefficient (Wildman–Crippen LogP) is 2.56. The third-order valence-electron chi connectivity index (χ3n) is 2.59. The molecule has 0 bridgehead atoms. The number of ether oxygens (including phenoxy) is 1. The Labute approximate surface area is 82.5 Å². The number of rotatable bonds is 0. The van der Waals surface area contributed by atoms with E-state index in [0.717, 1.165) is 30.8 Å². The van der Waals surface area contributed by atoms with Crippen molar-refractivity contribution in [2.45, 2.75) is 12.8 Å². The van der Waals surface area contributed by atoms with Gasteiger partial charge in [0, 0.05) is 10.9 Å². The number of hydrogen-bond acceptors (Lipinski definition) is 2. The standard InChI is InChI=1S/C12H11NO/c1-2-6-11-9(4-1)8-10-5-3-7-14-12(10)13-11/h1-2,4,6,8H,3,5,7H2. The minimum atomic E-state index is 0.804. The van der Waals surface area contributed by atoms with E-state index in [4.69, 9.17) is 4.74 Å². The molecule has 0 radical (unpaired) electrons. The van der Waals surface area contributed by atoms with Crippen LogP contribution in [0.2, 0.25) is 0 Å². The number of benzene rings is 1. The fourth-order valence-corrected chi connectivity index (χ4v) is 1.88. The number of pyridine rings is 1. The molecule has 2 nitrogen and oxygen atoms in total. The van der Waals surface area contributed by atoms with Crippen LogP contribution in [0.1, 0.15) is 12.0 Å². The summed E-state index contributed by atoms with van der Waals surface area (Å²) in [6.07, 6.45) is 2.19. The van der Waals surface area contributed by atoms with Gasteiger partial charge in [-0.2, -0.15) is 0 Å². The minimum absolute atomic E-state index is 0.804. The minimum Gasteiger partial charge on any atom is -0.477 e. The van der Waals surface area contributed by atoms with Crippen LogP contribution in [0, 0.1) is 0 Å². The molecule has 0 fully saturated rings. The van der Waals surface area contributed by atoms with E-state index in [1.807, 2.05) is 18.2 Å². The van der Waals surface area contributed by atoms with Gasteiger partial charge >= 0.3 is 0 Å². The Morgan fingerprint density at radius 2 is 2.14 bits per heavy atom.